The number of nitrogens with zero attached hydrogens (tertiary/aromatic N) is 5. The number of ether oxygens (including phenoxy) is 2. The van der Waals surface area contributed by atoms with Crippen LogP contribution in [0.3, 0.4) is 0 Å². The van der Waals surface area contributed by atoms with Gasteiger partial charge < -0.3 is 9.47 Å². The summed E-state index contributed by atoms with van der Waals surface area (Å²) in [5, 5.41) is 0. The molecule has 2 atom stereocenters. The Morgan fingerprint density at radius 3 is 2.59 bits per heavy atom. The Labute approximate surface area is 195 Å². The van der Waals surface area contributed by atoms with Crippen molar-refractivity contribution in [1.82, 2.24) is 24.9 Å². The zero-order chi connectivity index (χ0) is 23.8. The quantitative estimate of drug-likeness (QED) is 0.420. The Bertz CT molecular complexity index is 1380. The highest BCUT2D eigenvalue weighted by Crippen LogP contribution is 2.38. The number of aryl methyl sites for hydroxylation is 2. The Morgan fingerprint density at radius 2 is 1.79 bits per heavy atom. The zero-order valence-electron chi connectivity index (χ0n) is 19.0. The molecular formula is C25H23F2N5O2. The highest BCUT2D eigenvalue weighted by Gasteiger charge is 2.29. The SMILES string of the molecule is COc1cccc([C@H]2C[C@@H](c3nc(-c4ccc(F)cc4F)c4nc(C)c(C)nc4n3)CCO2)n1. The van der Waals surface area contributed by atoms with Gasteiger partial charge in [0.1, 0.15) is 34.8 Å². The van der Waals surface area contributed by atoms with E-state index >= 15 is 0 Å². The van der Waals surface area contributed by atoms with Crippen LogP contribution >= 0.6 is 0 Å². The smallest absolute Gasteiger partial charge is 0.213 e. The number of fused-ring (bicyclic) bond motifs is 1. The third kappa shape index (κ3) is 4.19. The fourth-order valence-electron chi connectivity index (χ4n) is 4.14. The molecule has 3 aromatic heterocycles. The molecule has 0 aliphatic carbocycles. The molecule has 1 aliphatic rings. The van der Waals surface area contributed by atoms with Crippen LogP contribution in [-0.2, 0) is 4.74 Å². The van der Waals surface area contributed by atoms with Crippen LogP contribution in [0.25, 0.3) is 22.4 Å². The fraction of sp³-hybridized carbons (Fsp3) is 0.320. The van der Waals surface area contributed by atoms with Gasteiger partial charge in [0.15, 0.2) is 5.65 Å². The van der Waals surface area contributed by atoms with Gasteiger partial charge >= 0.3 is 0 Å². The van der Waals surface area contributed by atoms with Crippen LogP contribution in [0.1, 0.15) is 47.8 Å². The van der Waals surface area contributed by atoms with Crippen molar-refractivity contribution in [2.75, 3.05) is 13.7 Å². The molecule has 0 amide bonds. The second kappa shape index (κ2) is 8.98. The molecule has 0 spiro atoms. The van der Waals surface area contributed by atoms with Crippen molar-refractivity contribution in [1.29, 1.82) is 0 Å². The van der Waals surface area contributed by atoms with Crippen LogP contribution in [0.2, 0.25) is 0 Å². The minimum absolute atomic E-state index is 0.0678. The van der Waals surface area contributed by atoms with E-state index in [9.17, 15) is 8.78 Å². The van der Waals surface area contributed by atoms with Gasteiger partial charge in [0, 0.05) is 30.2 Å². The molecule has 34 heavy (non-hydrogen) atoms. The molecule has 0 N–H and O–H groups in total. The van der Waals surface area contributed by atoms with E-state index in [-0.39, 0.29) is 17.6 Å². The monoisotopic (exact) mass is 463 g/mol. The number of rotatable bonds is 4. The Hall–Kier alpha value is -3.59. The fourth-order valence-corrected chi connectivity index (χ4v) is 4.14. The van der Waals surface area contributed by atoms with Gasteiger partial charge in [0.25, 0.3) is 0 Å². The summed E-state index contributed by atoms with van der Waals surface area (Å²) >= 11 is 0. The molecule has 7 nitrogen and oxygen atoms in total. The number of aromatic nitrogens is 5. The number of hydrogen-bond acceptors (Lipinski definition) is 7. The number of hydrogen-bond donors (Lipinski definition) is 0. The van der Waals surface area contributed by atoms with Crippen molar-refractivity contribution in [2.45, 2.75) is 38.7 Å². The van der Waals surface area contributed by atoms with E-state index in [0.29, 0.717) is 53.7 Å². The van der Waals surface area contributed by atoms with Crippen LogP contribution in [0, 0.1) is 25.5 Å². The first-order chi connectivity index (χ1) is 16.4. The number of pyridine rings is 1. The lowest BCUT2D eigenvalue weighted by Crippen LogP contribution is -2.21. The van der Waals surface area contributed by atoms with Gasteiger partial charge in [-0.15, -0.1) is 0 Å². The summed E-state index contributed by atoms with van der Waals surface area (Å²) in [7, 11) is 1.57. The van der Waals surface area contributed by atoms with Crippen molar-refractivity contribution in [2.24, 2.45) is 0 Å². The lowest BCUT2D eigenvalue weighted by Gasteiger charge is -2.28. The third-order valence-electron chi connectivity index (χ3n) is 6.08. The van der Waals surface area contributed by atoms with E-state index < -0.39 is 11.6 Å². The molecule has 0 bridgehead atoms. The highest BCUT2D eigenvalue weighted by molar-refractivity contribution is 5.87. The van der Waals surface area contributed by atoms with Gasteiger partial charge in [-0.2, -0.15) is 0 Å². The molecule has 0 unspecified atom stereocenters. The highest BCUT2D eigenvalue weighted by atomic mass is 19.1. The Morgan fingerprint density at radius 1 is 0.971 bits per heavy atom. The predicted octanol–water partition coefficient (Wildman–Crippen LogP) is 5.02. The summed E-state index contributed by atoms with van der Waals surface area (Å²) in [5.74, 6) is -0.394. The normalized spacial score (nSPS) is 18.3. The van der Waals surface area contributed by atoms with E-state index in [0.717, 1.165) is 17.5 Å². The maximum absolute atomic E-state index is 14.8. The molecule has 1 aromatic carbocycles. The van der Waals surface area contributed by atoms with Crippen LogP contribution in [-0.4, -0.2) is 38.6 Å². The lowest BCUT2D eigenvalue weighted by molar-refractivity contribution is 0.00123. The van der Waals surface area contributed by atoms with Crippen LogP contribution in [0.5, 0.6) is 5.88 Å². The van der Waals surface area contributed by atoms with E-state index in [4.69, 9.17) is 19.4 Å². The van der Waals surface area contributed by atoms with Crippen molar-refractivity contribution in [3.05, 3.63) is 70.9 Å². The van der Waals surface area contributed by atoms with Crippen LogP contribution < -0.4 is 4.74 Å². The van der Waals surface area contributed by atoms with Crippen LogP contribution in [0.15, 0.2) is 36.4 Å². The first-order valence-corrected chi connectivity index (χ1v) is 11.0. The minimum Gasteiger partial charge on any atom is -0.481 e. The molecule has 4 aromatic rings. The number of methoxy groups -OCH3 is 1. The van der Waals surface area contributed by atoms with Crippen molar-refractivity contribution < 1.29 is 18.3 Å². The molecule has 9 heteroatoms. The van der Waals surface area contributed by atoms with Gasteiger partial charge in [-0.3, -0.25) is 0 Å². The van der Waals surface area contributed by atoms with Gasteiger partial charge in [0.05, 0.1) is 24.2 Å². The summed E-state index contributed by atoms with van der Waals surface area (Å²) in [6.07, 6.45) is 1.02. The third-order valence-corrected chi connectivity index (χ3v) is 6.08. The van der Waals surface area contributed by atoms with Crippen molar-refractivity contribution in [3.63, 3.8) is 0 Å². The Kier molecular flexibility index (Phi) is 5.87. The lowest BCUT2D eigenvalue weighted by atomic mass is 9.92. The summed E-state index contributed by atoms with van der Waals surface area (Å²) < 4.78 is 39.6. The van der Waals surface area contributed by atoms with Crippen molar-refractivity contribution in [3.8, 4) is 17.1 Å². The summed E-state index contributed by atoms with van der Waals surface area (Å²) in [6.45, 7) is 4.17. The molecule has 0 saturated carbocycles. The largest absolute Gasteiger partial charge is 0.481 e. The molecular weight excluding hydrogens is 440 g/mol. The first-order valence-electron chi connectivity index (χ1n) is 11.0. The number of halogens is 2. The molecule has 5 rings (SSSR count). The van der Waals surface area contributed by atoms with E-state index in [1.54, 1.807) is 13.2 Å². The summed E-state index contributed by atoms with van der Waals surface area (Å²) in [5.41, 5.74) is 3.42. The molecule has 4 heterocycles. The molecule has 1 fully saturated rings. The molecule has 1 aliphatic heterocycles. The minimum atomic E-state index is -0.712. The topological polar surface area (TPSA) is 82.9 Å². The summed E-state index contributed by atoms with van der Waals surface area (Å²) in [6, 6.07) is 8.98. The first kappa shape index (κ1) is 22.2. The molecule has 174 valence electrons. The van der Waals surface area contributed by atoms with Gasteiger partial charge in [-0.1, -0.05) is 6.07 Å². The number of benzene rings is 1. The maximum Gasteiger partial charge on any atom is 0.213 e. The van der Waals surface area contributed by atoms with Gasteiger partial charge in [-0.25, -0.2) is 33.7 Å². The van der Waals surface area contributed by atoms with E-state index in [2.05, 4.69) is 15.0 Å². The molecule has 1 saturated heterocycles. The second-order valence-electron chi connectivity index (χ2n) is 8.31. The maximum atomic E-state index is 14.8. The van der Waals surface area contributed by atoms with Crippen LogP contribution in [0.4, 0.5) is 8.78 Å². The summed E-state index contributed by atoms with van der Waals surface area (Å²) in [4.78, 5) is 23.1. The predicted molar refractivity (Wildman–Crippen MR) is 121 cm³/mol. The average Bonchev–Trinajstić information content (AvgIpc) is 2.84. The average molecular weight is 463 g/mol. The second-order valence-corrected chi connectivity index (χ2v) is 8.31. The Balaban J connectivity index is 1.60. The van der Waals surface area contributed by atoms with E-state index in [1.807, 2.05) is 26.0 Å². The van der Waals surface area contributed by atoms with Gasteiger partial charge in [-0.05, 0) is 44.9 Å². The standard InChI is InChI=1S/C25H23F2N5O2/c1-13-14(2)29-25-23(28-13)22(17-8-7-16(26)12-18(17)27)31-24(32-25)15-9-10-34-20(11-15)19-5-4-6-21(30-19)33-3/h4-8,12,15,20H,9-11H2,1-3H3/t15-,20+/m0/s1. The van der Waals surface area contributed by atoms with Crippen molar-refractivity contribution >= 4 is 11.2 Å². The molecule has 0 radical (unpaired) electrons. The zero-order valence-corrected chi connectivity index (χ0v) is 19.0. The van der Waals surface area contributed by atoms with E-state index in [1.165, 1.54) is 12.1 Å². The van der Waals surface area contributed by atoms with Gasteiger partial charge in [0.2, 0.25) is 5.88 Å².